The molecule has 0 aliphatic heterocycles. The fraction of sp³-hybridized carbons (Fsp3) is 0.294. The normalized spacial score (nSPS) is 12.7. The quantitative estimate of drug-likeness (QED) is 0.431. The Morgan fingerprint density at radius 1 is 1.22 bits per heavy atom. The molecule has 1 atom stereocenters. The standard InChI is InChI=1S/C17H21ClN4O/c1-19-17(21-10-13-7-8-16(18)20-9-13)22-11-15(12-23)14-5-3-2-4-6-14/h2-9,15,23H,10-12H2,1H3,(H2,19,21,22). The maximum Gasteiger partial charge on any atom is 0.191 e. The Balaban J connectivity index is 1.85. The lowest BCUT2D eigenvalue weighted by Gasteiger charge is -2.18. The molecule has 5 nitrogen and oxygen atoms in total. The molecule has 1 aromatic heterocycles. The van der Waals surface area contributed by atoms with Gasteiger partial charge in [-0.05, 0) is 17.2 Å². The highest BCUT2D eigenvalue weighted by atomic mass is 35.5. The van der Waals surface area contributed by atoms with Crippen LogP contribution in [0.25, 0.3) is 0 Å². The fourth-order valence-corrected chi connectivity index (χ4v) is 2.26. The van der Waals surface area contributed by atoms with Crippen LogP contribution in [0, 0.1) is 0 Å². The van der Waals surface area contributed by atoms with Gasteiger partial charge in [0.05, 0.1) is 6.61 Å². The molecule has 0 amide bonds. The zero-order chi connectivity index (χ0) is 16.5. The summed E-state index contributed by atoms with van der Waals surface area (Å²) in [5, 5.41) is 16.5. The average molecular weight is 333 g/mol. The molecule has 6 heteroatoms. The average Bonchev–Trinajstić information content (AvgIpc) is 2.60. The van der Waals surface area contributed by atoms with E-state index in [4.69, 9.17) is 11.6 Å². The minimum absolute atomic E-state index is 0.0203. The Labute approximate surface area is 141 Å². The van der Waals surface area contributed by atoms with Crippen molar-refractivity contribution in [2.45, 2.75) is 12.5 Å². The lowest BCUT2D eigenvalue weighted by Crippen LogP contribution is -2.39. The summed E-state index contributed by atoms with van der Waals surface area (Å²) in [5.41, 5.74) is 2.11. The number of hydrogen-bond donors (Lipinski definition) is 3. The largest absolute Gasteiger partial charge is 0.396 e. The summed E-state index contributed by atoms with van der Waals surface area (Å²) < 4.78 is 0. The van der Waals surface area contributed by atoms with E-state index >= 15 is 0 Å². The number of halogens is 1. The lowest BCUT2D eigenvalue weighted by atomic mass is 10.0. The number of aliphatic hydroxyl groups is 1. The highest BCUT2D eigenvalue weighted by Crippen LogP contribution is 2.13. The Morgan fingerprint density at radius 3 is 2.61 bits per heavy atom. The molecule has 2 rings (SSSR count). The number of nitrogens with zero attached hydrogens (tertiary/aromatic N) is 2. The summed E-state index contributed by atoms with van der Waals surface area (Å²) in [4.78, 5) is 8.23. The first kappa shape index (κ1) is 17.2. The van der Waals surface area contributed by atoms with Gasteiger partial charge in [-0.15, -0.1) is 0 Å². The van der Waals surface area contributed by atoms with Gasteiger partial charge < -0.3 is 15.7 Å². The highest BCUT2D eigenvalue weighted by Gasteiger charge is 2.10. The molecule has 2 aromatic rings. The summed E-state index contributed by atoms with van der Waals surface area (Å²) in [7, 11) is 1.71. The Kier molecular flexibility index (Phi) is 6.84. The van der Waals surface area contributed by atoms with Gasteiger partial charge >= 0.3 is 0 Å². The van der Waals surface area contributed by atoms with Gasteiger partial charge in [-0.2, -0.15) is 0 Å². The third-order valence-electron chi connectivity index (χ3n) is 3.48. The van der Waals surface area contributed by atoms with Crippen LogP contribution in [0.1, 0.15) is 17.0 Å². The first-order valence-corrected chi connectivity index (χ1v) is 7.81. The molecule has 122 valence electrons. The molecule has 23 heavy (non-hydrogen) atoms. The van der Waals surface area contributed by atoms with Crippen molar-refractivity contribution < 1.29 is 5.11 Å². The monoisotopic (exact) mass is 332 g/mol. The van der Waals surface area contributed by atoms with Crippen molar-refractivity contribution in [2.24, 2.45) is 4.99 Å². The summed E-state index contributed by atoms with van der Waals surface area (Å²) in [6.45, 7) is 1.27. The van der Waals surface area contributed by atoms with Crippen LogP contribution in [0.2, 0.25) is 5.15 Å². The van der Waals surface area contributed by atoms with Crippen LogP contribution in [0.5, 0.6) is 0 Å². The van der Waals surface area contributed by atoms with Gasteiger partial charge in [-0.25, -0.2) is 4.98 Å². The fourth-order valence-electron chi connectivity index (χ4n) is 2.15. The third kappa shape index (κ3) is 5.54. The van der Waals surface area contributed by atoms with E-state index in [9.17, 15) is 5.11 Å². The number of aliphatic hydroxyl groups excluding tert-OH is 1. The number of nitrogens with one attached hydrogen (secondary N) is 2. The van der Waals surface area contributed by atoms with Crippen molar-refractivity contribution in [1.29, 1.82) is 0 Å². The summed E-state index contributed by atoms with van der Waals surface area (Å²) in [6, 6.07) is 13.6. The lowest BCUT2D eigenvalue weighted by molar-refractivity contribution is 0.265. The second-order valence-electron chi connectivity index (χ2n) is 5.09. The maximum absolute atomic E-state index is 9.58. The van der Waals surface area contributed by atoms with Crippen molar-refractivity contribution in [3.05, 3.63) is 64.9 Å². The molecular formula is C17H21ClN4O. The number of aromatic nitrogens is 1. The van der Waals surface area contributed by atoms with Crippen molar-refractivity contribution in [2.75, 3.05) is 20.2 Å². The topological polar surface area (TPSA) is 69.5 Å². The zero-order valence-corrected chi connectivity index (χ0v) is 13.8. The number of benzene rings is 1. The van der Waals surface area contributed by atoms with Gasteiger partial charge in [0.25, 0.3) is 0 Å². The first-order chi connectivity index (χ1) is 11.2. The first-order valence-electron chi connectivity index (χ1n) is 7.43. The van der Waals surface area contributed by atoms with Crippen molar-refractivity contribution in [1.82, 2.24) is 15.6 Å². The van der Waals surface area contributed by atoms with Gasteiger partial charge in [-0.1, -0.05) is 48.0 Å². The van der Waals surface area contributed by atoms with E-state index < -0.39 is 0 Å². The maximum atomic E-state index is 9.58. The predicted molar refractivity (Wildman–Crippen MR) is 93.7 cm³/mol. The predicted octanol–water partition coefficient (Wildman–Crippen LogP) is 2.18. The van der Waals surface area contributed by atoms with E-state index in [0.717, 1.165) is 11.1 Å². The van der Waals surface area contributed by atoms with E-state index in [1.165, 1.54) is 0 Å². The minimum Gasteiger partial charge on any atom is -0.396 e. The van der Waals surface area contributed by atoms with Crippen LogP contribution < -0.4 is 10.6 Å². The van der Waals surface area contributed by atoms with Crippen LogP contribution >= 0.6 is 11.6 Å². The molecule has 1 heterocycles. The van der Waals surface area contributed by atoms with E-state index in [2.05, 4.69) is 20.6 Å². The number of guanidine groups is 1. The molecule has 3 N–H and O–H groups in total. The molecule has 0 aliphatic carbocycles. The van der Waals surface area contributed by atoms with Gasteiger partial charge in [0.2, 0.25) is 0 Å². The molecular weight excluding hydrogens is 312 g/mol. The van der Waals surface area contributed by atoms with Crippen LogP contribution in [0.15, 0.2) is 53.7 Å². The van der Waals surface area contributed by atoms with Crippen LogP contribution in [0.3, 0.4) is 0 Å². The number of pyridine rings is 1. The SMILES string of the molecule is CN=C(NCc1ccc(Cl)nc1)NCC(CO)c1ccccc1. The second kappa shape index (κ2) is 9.12. The van der Waals surface area contributed by atoms with Gasteiger partial charge in [0, 0.05) is 32.3 Å². The minimum atomic E-state index is 0.0203. The number of rotatable bonds is 6. The molecule has 1 aromatic carbocycles. The van der Waals surface area contributed by atoms with Crippen LogP contribution in [-0.2, 0) is 6.54 Å². The van der Waals surface area contributed by atoms with E-state index in [-0.39, 0.29) is 12.5 Å². The molecule has 0 saturated carbocycles. The van der Waals surface area contributed by atoms with Gasteiger partial charge in [-0.3, -0.25) is 4.99 Å². The Hall–Kier alpha value is -2.11. The molecule has 0 radical (unpaired) electrons. The van der Waals surface area contributed by atoms with E-state index in [0.29, 0.717) is 24.2 Å². The number of hydrogen-bond acceptors (Lipinski definition) is 3. The Morgan fingerprint density at radius 2 is 2.00 bits per heavy atom. The molecule has 0 fully saturated rings. The third-order valence-corrected chi connectivity index (χ3v) is 3.70. The Bertz CT molecular complexity index is 616. The number of aliphatic imine (C=N–C) groups is 1. The molecule has 0 bridgehead atoms. The molecule has 1 unspecified atom stereocenters. The van der Waals surface area contributed by atoms with E-state index in [1.54, 1.807) is 19.3 Å². The smallest absolute Gasteiger partial charge is 0.191 e. The van der Waals surface area contributed by atoms with Crippen molar-refractivity contribution in [3.63, 3.8) is 0 Å². The van der Waals surface area contributed by atoms with Crippen molar-refractivity contribution >= 4 is 17.6 Å². The zero-order valence-electron chi connectivity index (χ0n) is 13.0. The summed E-state index contributed by atoms with van der Waals surface area (Å²) >= 11 is 5.77. The second-order valence-corrected chi connectivity index (χ2v) is 5.47. The van der Waals surface area contributed by atoms with Gasteiger partial charge in [0.1, 0.15) is 5.15 Å². The van der Waals surface area contributed by atoms with Gasteiger partial charge in [0.15, 0.2) is 5.96 Å². The molecule has 0 saturated heterocycles. The molecule has 0 spiro atoms. The highest BCUT2D eigenvalue weighted by molar-refractivity contribution is 6.29. The van der Waals surface area contributed by atoms with Crippen LogP contribution in [0.4, 0.5) is 0 Å². The summed E-state index contributed by atoms with van der Waals surface area (Å²) in [5.74, 6) is 0.696. The van der Waals surface area contributed by atoms with Crippen LogP contribution in [-0.4, -0.2) is 36.2 Å². The van der Waals surface area contributed by atoms with Crippen molar-refractivity contribution in [3.8, 4) is 0 Å². The van der Waals surface area contributed by atoms with E-state index in [1.807, 2.05) is 36.4 Å². The molecule has 0 aliphatic rings. The summed E-state index contributed by atoms with van der Waals surface area (Å²) in [6.07, 6.45) is 1.73.